The molecule has 1 aliphatic heterocycles. The van der Waals surface area contributed by atoms with E-state index < -0.39 is 0 Å². The third-order valence-corrected chi connectivity index (χ3v) is 4.20. The maximum atomic E-state index is 11.5. The summed E-state index contributed by atoms with van der Waals surface area (Å²) >= 11 is 0. The van der Waals surface area contributed by atoms with Crippen LogP contribution in [0.3, 0.4) is 0 Å². The molecule has 0 spiro atoms. The molecule has 1 fully saturated rings. The molecule has 0 radical (unpaired) electrons. The van der Waals surface area contributed by atoms with Crippen molar-refractivity contribution in [3.05, 3.63) is 23.8 Å². The number of anilines is 2. The van der Waals surface area contributed by atoms with Gasteiger partial charge in [-0.05, 0) is 36.0 Å². The van der Waals surface area contributed by atoms with Crippen molar-refractivity contribution in [1.82, 2.24) is 0 Å². The van der Waals surface area contributed by atoms with E-state index >= 15 is 0 Å². The van der Waals surface area contributed by atoms with Crippen molar-refractivity contribution in [3.8, 4) is 0 Å². The molecular formula is C16H24N2O2. The molecule has 0 aliphatic carbocycles. The zero-order valence-electron chi connectivity index (χ0n) is 12.8. The number of rotatable bonds is 2. The van der Waals surface area contributed by atoms with Crippen LogP contribution < -0.4 is 10.6 Å². The van der Waals surface area contributed by atoms with E-state index in [0.717, 1.165) is 18.8 Å². The average Bonchev–Trinajstić information content (AvgIpc) is 2.87. The summed E-state index contributed by atoms with van der Waals surface area (Å²) < 4.78 is 4.71. The molecule has 2 N–H and O–H groups in total. The SMILES string of the molecule is COC(=O)c1ccc(N2CCC(C(C)(C)C)C2)c(N)c1. The van der Waals surface area contributed by atoms with E-state index in [0.29, 0.717) is 22.6 Å². The fourth-order valence-corrected chi connectivity index (χ4v) is 2.77. The van der Waals surface area contributed by atoms with Gasteiger partial charge in [-0.3, -0.25) is 0 Å². The van der Waals surface area contributed by atoms with Crippen molar-refractivity contribution in [3.63, 3.8) is 0 Å². The third kappa shape index (κ3) is 2.89. The molecule has 1 saturated heterocycles. The van der Waals surface area contributed by atoms with E-state index in [9.17, 15) is 4.79 Å². The highest BCUT2D eigenvalue weighted by atomic mass is 16.5. The Labute approximate surface area is 120 Å². The number of ether oxygens (including phenoxy) is 1. The fourth-order valence-electron chi connectivity index (χ4n) is 2.77. The normalized spacial score (nSPS) is 19.2. The zero-order valence-corrected chi connectivity index (χ0v) is 12.8. The smallest absolute Gasteiger partial charge is 0.337 e. The molecule has 1 unspecified atom stereocenters. The second kappa shape index (κ2) is 5.35. The van der Waals surface area contributed by atoms with Gasteiger partial charge in [0.05, 0.1) is 24.0 Å². The first-order valence-electron chi connectivity index (χ1n) is 7.05. The number of methoxy groups -OCH3 is 1. The molecule has 1 heterocycles. The predicted octanol–water partition coefficient (Wildman–Crippen LogP) is 2.93. The van der Waals surface area contributed by atoms with Crippen molar-refractivity contribution in [2.24, 2.45) is 11.3 Å². The molecule has 4 nitrogen and oxygen atoms in total. The molecule has 1 aromatic rings. The average molecular weight is 276 g/mol. The Morgan fingerprint density at radius 2 is 2.10 bits per heavy atom. The van der Waals surface area contributed by atoms with Gasteiger partial charge in [0.2, 0.25) is 0 Å². The van der Waals surface area contributed by atoms with E-state index in [1.807, 2.05) is 6.07 Å². The molecule has 0 bridgehead atoms. The summed E-state index contributed by atoms with van der Waals surface area (Å²) in [6.45, 7) is 8.88. The molecule has 0 aromatic heterocycles. The highest BCUT2D eigenvalue weighted by Gasteiger charge is 2.32. The minimum atomic E-state index is -0.350. The Kier molecular flexibility index (Phi) is 3.93. The minimum Gasteiger partial charge on any atom is -0.465 e. The van der Waals surface area contributed by atoms with Gasteiger partial charge in [0, 0.05) is 13.1 Å². The summed E-state index contributed by atoms with van der Waals surface area (Å²) in [5.74, 6) is 0.319. The first-order valence-corrected chi connectivity index (χ1v) is 7.05. The van der Waals surface area contributed by atoms with Gasteiger partial charge in [-0.2, -0.15) is 0 Å². The summed E-state index contributed by atoms with van der Waals surface area (Å²) in [7, 11) is 1.38. The standard InChI is InChI=1S/C16H24N2O2/c1-16(2,3)12-7-8-18(10-12)14-6-5-11(9-13(14)17)15(19)20-4/h5-6,9,12H,7-8,10,17H2,1-4H3. The van der Waals surface area contributed by atoms with Crippen LogP contribution in [-0.2, 0) is 4.74 Å². The van der Waals surface area contributed by atoms with E-state index in [4.69, 9.17) is 10.5 Å². The van der Waals surface area contributed by atoms with Gasteiger partial charge in [-0.1, -0.05) is 20.8 Å². The number of carbonyl (C=O) groups is 1. The van der Waals surface area contributed by atoms with Crippen LogP contribution in [0, 0.1) is 11.3 Å². The number of esters is 1. The van der Waals surface area contributed by atoms with Crippen LogP contribution in [0.5, 0.6) is 0 Å². The van der Waals surface area contributed by atoms with Crippen molar-refractivity contribution < 1.29 is 9.53 Å². The van der Waals surface area contributed by atoms with Crippen LogP contribution in [0.2, 0.25) is 0 Å². The van der Waals surface area contributed by atoms with E-state index in [2.05, 4.69) is 25.7 Å². The Hall–Kier alpha value is -1.71. The van der Waals surface area contributed by atoms with Crippen molar-refractivity contribution in [2.75, 3.05) is 30.8 Å². The third-order valence-electron chi connectivity index (χ3n) is 4.20. The highest BCUT2D eigenvalue weighted by Crippen LogP contribution is 2.37. The van der Waals surface area contributed by atoms with Crippen molar-refractivity contribution in [2.45, 2.75) is 27.2 Å². The molecule has 4 heteroatoms. The lowest BCUT2D eigenvalue weighted by Crippen LogP contribution is -2.26. The number of hydrogen-bond donors (Lipinski definition) is 1. The summed E-state index contributed by atoms with van der Waals surface area (Å²) in [5, 5.41) is 0. The largest absolute Gasteiger partial charge is 0.465 e. The number of nitrogens with zero attached hydrogens (tertiary/aromatic N) is 1. The van der Waals surface area contributed by atoms with Crippen LogP contribution in [0.15, 0.2) is 18.2 Å². The molecule has 2 rings (SSSR count). The lowest BCUT2D eigenvalue weighted by Gasteiger charge is -2.28. The zero-order chi connectivity index (χ0) is 14.9. The van der Waals surface area contributed by atoms with E-state index in [1.54, 1.807) is 12.1 Å². The van der Waals surface area contributed by atoms with Gasteiger partial charge in [0.15, 0.2) is 0 Å². The summed E-state index contributed by atoms with van der Waals surface area (Å²) in [6, 6.07) is 5.40. The summed E-state index contributed by atoms with van der Waals surface area (Å²) in [5.41, 5.74) is 8.57. The number of carbonyl (C=O) groups excluding carboxylic acids is 1. The maximum Gasteiger partial charge on any atom is 0.337 e. The number of nitrogens with two attached hydrogens (primary N) is 1. The van der Waals surface area contributed by atoms with Crippen LogP contribution in [0.1, 0.15) is 37.6 Å². The fraction of sp³-hybridized carbons (Fsp3) is 0.562. The summed E-state index contributed by atoms with van der Waals surface area (Å²) in [4.78, 5) is 13.8. The number of nitrogen functional groups attached to an aromatic ring is 1. The lowest BCUT2D eigenvalue weighted by atomic mass is 9.80. The predicted molar refractivity (Wildman–Crippen MR) is 82.0 cm³/mol. The van der Waals surface area contributed by atoms with E-state index in [-0.39, 0.29) is 5.97 Å². The van der Waals surface area contributed by atoms with Gasteiger partial charge >= 0.3 is 5.97 Å². The molecule has 1 atom stereocenters. The van der Waals surface area contributed by atoms with Gasteiger partial charge in [-0.15, -0.1) is 0 Å². The van der Waals surface area contributed by atoms with Gasteiger partial charge in [0.1, 0.15) is 0 Å². The van der Waals surface area contributed by atoms with Crippen LogP contribution in [0.25, 0.3) is 0 Å². The Morgan fingerprint density at radius 3 is 2.60 bits per heavy atom. The molecule has 20 heavy (non-hydrogen) atoms. The van der Waals surface area contributed by atoms with Crippen molar-refractivity contribution >= 4 is 17.3 Å². The molecule has 0 saturated carbocycles. The van der Waals surface area contributed by atoms with Gasteiger partial charge in [-0.25, -0.2) is 4.79 Å². The Bertz CT molecular complexity index is 506. The lowest BCUT2D eigenvalue weighted by molar-refractivity contribution is 0.0601. The second-order valence-electron chi connectivity index (χ2n) is 6.56. The topological polar surface area (TPSA) is 55.6 Å². The quantitative estimate of drug-likeness (QED) is 0.666. The second-order valence-corrected chi connectivity index (χ2v) is 6.56. The van der Waals surface area contributed by atoms with E-state index in [1.165, 1.54) is 13.5 Å². The number of benzene rings is 1. The molecule has 110 valence electrons. The van der Waals surface area contributed by atoms with Gasteiger partial charge in [0.25, 0.3) is 0 Å². The first-order chi connectivity index (χ1) is 9.32. The van der Waals surface area contributed by atoms with Crippen LogP contribution in [-0.4, -0.2) is 26.2 Å². The molecule has 0 amide bonds. The minimum absolute atomic E-state index is 0.315. The first kappa shape index (κ1) is 14.7. The maximum absolute atomic E-state index is 11.5. The number of hydrogen-bond acceptors (Lipinski definition) is 4. The Balaban J connectivity index is 2.17. The van der Waals surface area contributed by atoms with Crippen LogP contribution >= 0.6 is 0 Å². The van der Waals surface area contributed by atoms with Crippen LogP contribution in [0.4, 0.5) is 11.4 Å². The van der Waals surface area contributed by atoms with Crippen molar-refractivity contribution in [1.29, 1.82) is 0 Å². The highest BCUT2D eigenvalue weighted by molar-refractivity contribution is 5.92. The summed E-state index contributed by atoms with van der Waals surface area (Å²) in [6.07, 6.45) is 1.18. The monoisotopic (exact) mass is 276 g/mol. The Morgan fingerprint density at radius 1 is 1.40 bits per heavy atom. The molecule has 1 aromatic carbocycles. The molecule has 1 aliphatic rings. The molecular weight excluding hydrogens is 252 g/mol. The van der Waals surface area contributed by atoms with Gasteiger partial charge < -0.3 is 15.4 Å².